The molecule has 6 heteroatoms. The molecule has 4 heterocycles. The summed E-state index contributed by atoms with van der Waals surface area (Å²) in [5.41, 5.74) is 3.82. The number of hydrogen-bond acceptors (Lipinski definition) is 5. The molecule has 0 saturated heterocycles. The number of para-hydroxylation sites is 2. The zero-order chi connectivity index (χ0) is 20.5. The van der Waals surface area contributed by atoms with Crippen molar-refractivity contribution in [2.75, 3.05) is 16.9 Å². The molecule has 2 aliphatic rings. The molecule has 0 aliphatic carbocycles. The van der Waals surface area contributed by atoms with E-state index in [-0.39, 0.29) is 13.0 Å². The summed E-state index contributed by atoms with van der Waals surface area (Å²) in [5.74, 6) is 2.14. The molecule has 5 nitrogen and oxygen atoms in total. The van der Waals surface area contributed by atoms with Crippen molar-refractivity contribution in [3.05, 3.63) is 52.7 Å². The largest absolute Gasteiger partial charge is 0.436 e. The zero-order valence-corrected chi connectivity index (χ0v) is 15.0. The molecule has 0 bridgehead atoms. The Morgan fingerprint density at radius 1 is 1.19 bits per heavy atom. The van der Waals surface area contributed by atoms with Crippen LogP contribution < -0.4 is 20.5 Å². The number of nitrogens with zero attached hydrogens (tertiary/aromatic N) is 4. The van der Waals surface area contributed by atoms with E-state index in [1.54, 1.807) is 0 Å². The van der Waals surface area contributed by atoms with Crippen molar-refractivity contribution in [1.82, 2.24) is 9.90 Å². The fourth-order valence-corrected chi connectivity index (χ4v) is 3.88. The van der Waals surface area contributed by atoms with Gasteiger partial charge in [-0.3, -0.25) is 5.01 Å². The third kappa shape index (κ3) is 2.01. The third-order valence-corrected chi connectivity index (χ3v) is 5.20. The van der Waals surface area contributed by atoms with Gasteiger partial charge in [-0.05, 0) is 38.1 Å². The summed E-state index contributed by atoms with van der Waals surface area (Å²) in [7, 11) is 0. The van der Waals surface area contributed by atoms with E-state index in [0.29, 0.717) is 11.4 Å². The molecule has 0 fully saturated rings. The number of rotatable bonds is 1. The van der Waals surface area contributed by atoms with Crippen LogP contribution in [0.1, 0.15) is 16.7 Å². The molecule has 0 radical (unpaired) electrons. The summed E-state index contributed by atoms with van der Waals surface area (Å²) in [6, 6.07) is 11.6. The van der Waals surface area contributed by atoms with Crippen LogP contribution in [0, 0.1) is 6.92 Å². The van der Waals surface area contributed by atoms with Crippen LogP contribution in [0.3, 0.4) is 0 Å². The topological polar surface area (TPSA) is 35.8 Å². The molecule has 1 aromatic carbocycles. The highest BCUT2D eigenvalue weighted by Gasteiger charge is 2.36. The number of hydrazine groups is 1. The molecule has 1 atom stereocenters. The van der Waals surface area contributed by atoms with E-state index in [4.69, 9.17) is 8.53 Å². The van der Waals surface area contributed by atoms with Crippen LogP contribution in [0.15, 0.2) is 40.8 Å². The molecule has 0 saturated carbocycles. The Labute approximate surface area is 157 Å². The van der Waals surface area contributed by atoms with Crippen molar-refractivity contribution >= 4 is 41.5 Å². The van der Waals surface area contributed by atoms with Crippen molar-refractivity contribution in [3.8, 4) is 0 Å². The third-order valence-electron chi connectivity index (χ3n) is 5.20. The Balaban J connectivity index is 1.67. The zero-order valence-electron chi connectivity index (χ0n) is 18.0. The van der Waals surface area contributed by atoms with E-state index in [9.17, 15) is 0 Å². The first-order chi connectivity index (χ1) is 13.8. The SMILES string of the molecule is [2H]C([2H])([2H])N1c2ccccc2N(N2C=c3oc4nc(C)ccc4c3=CB2C)[C@H]1C. The number of benzene rings is 1. The predicted octanol–water partition coefficient (Wildman–Crippen LogP) is 2.35. The Morgan fingerprint density at radius 3 is 2.81 bits per heavy atom. The van der Waals surface area contributed by atoms with Gasteiger partial charge in [-0.2, -0.15) is 0 Å². The summed E-state index contributed by atoms with van der Waals surface area (Å²) in [5, 5.41) is 4.05. The summed E-state index contributed by atoms with van der Waals surface area (Å²) < 4.78 is 30.1. The highest BCUT2D eigenvalue weighted by atomic mass is 16.3. The van der Waals surface area contributed by atoms with Crippen LogP contribution in [0.25, 0.3) is 23.3 Å². The second kappa shape index (κ2) is 5.30. The van der Waals surface area contributed by atoms with Crippen LogP contribution in [0.5, 0.6) is 0 Å². The normalized spacial score (nSPS) is 20.9. The second-order valence-corrected chi connectivity index (χ2v) is 6.94. The predicted molar refractivity (Wildman–Crippen MR) is 107 cm³/mol. The maximum absolute atomic E-state index is 8.02. The Morgan fingerprint density at radius 2 is 2.00 bits per heavy atom. The lowest BCUT2D eigenvalue weighted by molar-refractivity contribution is 0.477. The fourth-order valence-electron chi connectivity index (χ4n) is 3.88. The molecular formula is C20H21BN4O. The van der Waals surface area contributed by atoms with Crippen LogP contribution in [-0.2, 0) is 0 Å². The average molecular weight is 347 g/mol. The van der Waals surface area contributed by atoms with Gasteiger partial charge in [0.05, 0.1) is 17.6 Å². The number of furan rings is 1. The first-order valence-electron chi connectivity index (χ1n) is 10.3. The van der Waals surface area contributed by atoms with Gasteiger partial charge < -0.3 is 14.2 Å². The van der Waals surface area contributed by atoms with Gasteiger partial charge in [0.1, 0.15) is 6.17 Å². The van der Waals surface area contributed by atoms with Gasteiger partial charge in [-0.1, -0.05) is 24.9 Å². The molecule has 26 heavy (non-hydrogen) atoms. The van der Waals surface area contributed by atoms with Gasteiger partial charge in [-0.15, -0.1) is 0 Å². The van der Waals surface area contributed by atoms with E-state index >= 15 is 0 Å². The highest BCUT2D eigenvalue weighted by Crippen LogP contribution is 2.39. The molecule has 2 aliphatic heterocycles. The molecular weight excluding hydrogens is 323 g/mol. The minimum absolute atomic E-state index is 0.0108. The van der Waals surface area contributed by atoms with Crippen LogP contribution >= 0.6 is 0 Å². The first-order valence-corrected chi connectivity index (χ1v) is 8.81. The Hall–Kier alpha value is -2.89. The van der Waals surface area contributed by atoms with Crippen LogP contribution in [-0.4, -0.2) is 29.9 Å². The van der Waals surface area contributed by atoms with Crippen molar-refractivity contribution in [1.29, 1.82) is 0 Å². The summed E-state index contributed by atoms with van der Waals surface area (Å²) in [4.78, 5) is 8.04. The molecule has 0 amide bonds. The number of pyridine rings is 1. The van der Waals surface area contributed by atoms with E-state index < -0.39 is 6.98 Å². The van der Waals surface area contributed by atoms with Gasteiger partial charge in [-0.25, -0.2) is 4.98 Å². The Kier molecular flexibility index (Phi) is 2.54. The van der Waals surface area contributed by atoms with Gasteiger partial charge in [0.25, 0.3) is 0 Å². The number of hydrogen-bond donors (Lipinski definition) is 0. The lowest BCUT2D eigenvalue weighted by atomic mass is 9.63. The molecule has 0 N–H and O–H groups in total. The smallest absolute Gasteiger partial charge is 0.304 e. The molecule has 130 valence electrons. The molecule has 0 spiro atoms. The fraction of sp³-hybridized carbons (Fsp3) is 0.250. The molecule has 2 aromatic heterocycles. The van der Waals surface area contributed by atoms with Gasteiger partial charge in [0.15, 0.2) is 5.42 Å². The first kappa shape index (κ1) is 12.5. The van der Waals surface area contributed by atoms with Crippen LogP contribution in [0.2, 0.25) is 6.82 Å². The van der Waals surface area contributed by atoms with Crippen molar-refractivity contribution < 1.29 is 8.53 Å². The van der Waals surface area contributed by atoms with Crippen molar-refractivity contribution in [2.24, 2.45) is 0 Å². The second-order valence-electron chi connectivity index (χ2n) is 6.94. The maximum Gasteiger partial charge on any atom is 0.304 e. The lowest BCUT2D eigenvalue weighted by Gasteiger charge is -2.39. The summed E-state index contributed by atoms with van der Waals surface area (Å²) in [6.07, 6.45) is 1.58. The molecule has 0 unspecified atom stereocenters. The van der Waals surface area contributed by atoms with Gasteiger partial charge >= 0.3 is 6.85 Å². The minimum Gasteiger partial charge on any atom is -0.436 e. The van der Waals surface area contributed by atoms with Gasteiger partial charge in [0.2, 0.25) is 5.71 Å². The standard InChI is InChI=1S/C20H21BN4O/c1-13-9-10-15-16-11-21(3)24(12-19(16)26-20(15)22-13)25-14(2)23(4)17-7-5-6-8-18(17)25/h5-12,14H,1-4H3/t14-/m0/s1/i4D3. The number of aryl methyl sites for hydroxylation is 1. The van der Waals surface area contributed by atoms with E-state index in [1.807, 2.05) is 66.4 Å². The minimum atomic E-state index is -2.24. The van der Waals surface area contributed by atoms with Crippen LogP contribution in [0.4, 0.5) is 11.4 Å². The van der Waals surface area contributed by atoms with E-state index in [2.05, 4.69) is 17.8 Å². The lowest BCUT2D eigenvalue weighted by Crippen LogP contribution is -2.55. The number of aromatic nitrogens is 1. The molecule has 5 rings (SSSR count). The summed E-state index contributed by atoms with van der Waals surface area (Å²) >= 11 is 0. The van der Waals surface area contributed by atoms with Gasteiger partial charge in [0, 0.05) is 27.4 Å². The highest BCUT2D eigenvalue weighted by molar-refractivity contribution is 6.70. The number of fused-ring (bicyclic) bond motifs is 4. The van der Waals surface area contributed by atoms with Crippen molar-refractivity contribution in [3.63, 3.8) is 0 Å². The quantitative estimate of drug-likeness (QED) is 0.632. The Bertz CT molecular complexity index is 1240. The maximum atomic E-state index is 8.02. The molecule has 3 aromatic rings. The summed E-state index contributed by atoms with van der Waals surface area (Å²) in [6.45, 7) is 3.71. The van der Waals surface area contributed by atoms with E-state index in [0.717, 1.165) is 27.4 Å². The number of anilines is 2. The average Bonchev–Trinajstić information content (AvgIpc) is 3.14. The van der Waals surface area contributed by atoms with E-state index in [1.165, 1.54) is 4.90 Å². The van der Waals surface area contributed by atoms with Crippen molar-refractivity contribution in [2.45, 2.75) is 26.8 Å². The monoisotopic (exact) mass is 347 g/mol.